The molecule has 1 fully saturated rings. The second-order valence-corrected chi connectivity index (χ2v) is 5.75. The van der Waals surface area contributed by atoms with Gasteiger partial charge in [-0.2, -0.15) is 0 Å². The minimum Gasteiger partial charge on any atom is -0.487 e. The Labute approximate surface area is 118 Å². The first-order valence-corrected chi connectivity index (χ1v) is 7.17. The fourth-order valence-electron chi connectivity index (χ4n) is 2.91. The lowest BCUT2D eigenvalue weighted by atomic mass is 9.59. The van der Waals surface area contributed by atoms with Gasteiger partial charge >= 0.3 is 0 Å². The van der Waals surface area contributed by atoms with E-state index >= 15 is 0 Å². The molecule has 18 heavy (non-hydrogen) atoms. The van der Waals surface area contributed by atoms with E-state index in [1.54, 1.807) is 12.1 Å². The zero-order valence-electron chi connectivity index (χ0n) is 10.7. The smallest absolute Gasteiger partial charge is 0.156 e. The lowest BCUT2D eigenvalue weighted by Crippen LogP contribution is -2.63. The van der Waals surface area contributed by atoms with Gasteiger partial charge in [0.2, 0.25) is 0 Å². The highest BCUT2D eigenvalue weighted by Gasteiger charge is 2.52. The maximum atomic E-state index is 6.15. The first kappa shape index (κ1) is 14.0. The van der Waals surface area contributed by atoms with E-state index in [-0.39, 0.29) is 17.6 Å². The van der Waals surface area contributed by atoms with E-state index in [0.717, 1.165) is 19.3 Å². The molecule has 0 aromatic heterocycles. The van der Waals surface area contributed by atoms with E-state index in [0.29, 0.717) is 15.8 Å². The molecule has 1 saturated carbocycles. The zero-order chi connectivity index (χ0) is 13.3. The van der Waals surface area contributed by atoms with E-state index in [1.807, 2.05) is 6.07 Å². The van der Waals surface area contributed by atoms with Crippen molar-refractivity contribution in [2.24, 2.45) is 11.1 Å². The van der Waals surface area contributed by atoms with E-state index in [4.69, 9.17) is 33.7 Å². The van der Waals surface area contributed by atoms with Gasteiger partial charge in [-0.1, -0.05) is 43.1 Å². The van der Waals surface area contributed by atoms with Crippen molar-refractivity contribution >= 4 is 23.2 Å². The highest BCUT2D eigenvalue weighted by atomic mass is 35.5. The third-order valence-corrected chi connectivity index (χ3v) is 4.94. The third kappa shape index (κ3) is 2.11. The minimum atomic E-state index is 0.0580. The Morgan fingerprint density at radius 2 is 1.83 bits per heavy atom. The summed E-state index contributed by atoms with van der Waals surface area (Å²) >= 11 is 12.3. The quantitative estimate of drug-likeness (QED) is 0.897. The maximum Gasteiger partial charge on any atom is 0.156 e. The number of para-hydroxylation sites is 1. The molecule has 2 rings (SSSR count). The molecule has 2 nitrogen and oxygen atoms in total. The van der Waals surface area contributed by atoms with Crippen LogP contribution in [0, 0.1) is 5.41 Å². The van der Waals surface area contributed by atoms with Crippen LogP contribution >= 0.6 is 23.2 Å². The lowest BCUT2D eigenvalue weighted by Gasteiger charge is -2.53. The van der Waals surface area contributed by atoms with E-state index in [2.05, 4.69) is 13.8 Å². The minimum absolute atomic E-state index is 0.0580. The van der Waals surface area contributed by atoms with Crippen molar-refractivity contribution in [3.8, 4) is 5.75 Å². The number of nitrogens with two attached hydrogens (primary N) is 1. The van der Waals surface area contributed by atoms with Crippen LogP contribution < -0.4 is 10.5 Å². The summed E-state index contributed by atoms with van der Waals surface area (Å²) in [4.78, 5) is 0. The van der Waals surface area contributed by atoms with Crippen LogP contribution in [0.3, 0.4) is 0 Å². The summed E-state index contributed by atoms with van der Waals surface area (Å²) in [7, 11) is 0. The molecule has 2 N–H and O–H groups in total. The standard InChI is InChI=1S/C14H19Cl2NO/c1-3-14(4-2)11(17)8-12(14)18-13-9(15)6-5-7-10(13)16/h5-7,11-12H,3-4,8,17H2,1-2H3. The molecule has 1 aromatic carbocycles. The summed E-state index contributed by atoms with van der Waals surface area (Å²) in [6.45, 7) is 4.32. The number of hydrogen-bond acceptors (Lipinski definition) is 2. The van der Waals surface area contributed by atoms with Gasteiger partial charge in [-0.25, -0.2) is 0 Å². The van der Waals surface area contributed by atoms with Crippen LogP contribution in [-0.2, 0) is 0 Å². The van der Waals surface area contributed by atoms with Gasteiger partial charge < -0.3 is 10.5 Å². The molecule has 1 aliphatic carbocycles. The number of benzene rings is 1. The van der Waals surface area contributed by atoms with Crippen molar-refractivity contribution in [1.29, 1.82) is 0 Å². The molecule has 2 unspecified atom stereocenters. The second-order valence-electron chi connectivity index (χ2n) is 4.94. The zero-order valence-corrected chi connectivity index (χ0v) is 12.3. The SMILES string of the molecule is CCC1(CC)C(N)CC1Oc1c(Cl)cccc1Cl. The molecule has 1 aliphatic rings. The topological polar surface area (TPSA) is 35.2 Å². The van der Waals surface area contributed by atoms with E-state index in [9.17, 15) is 0 Å². The predicted octanol–water partition coefficient (Wildman–Crippen LogP) is 4.28. The molecular weight excluding hydrogens is 269 g/mol. The van der Waals surface area contributed by atoms with Crippen molar-refractivity contribution in [3.63, 3.8) is 0 Å². The Hall–Kier alpha value is -0.440. The normalized spacial score (nSPS) is 25.6. The first-order valence-electron chi connectivity index (χ1n) is 6.41. The molecule has 100 valence electrons. The molecule has 0 spiro atoms. The molecule has 0 amide bonds. The van der Waals surface area contributed by atoms with Crippen LogP contribution in [0.15, 0.2) is 18.2 Å². The molecule has 2 atom stereocenters. The van der Waals surface area contributed by atoms with Gasteiger partial charge in [-0.15, -0.1) is 0 Å². The Kier molecular flexibility index (Phi) is 4.10. The average Bonchev–Trinajstić information content (AvgIpc) is 2.34. The fraction of sp³-hybridized carbons (Fsp3) is 0.571. The summed E-state index contributed by atoms with van der Waals surface area (Å²) in [5.74, 6) is 0.587. The lowest BCUT2D eigenvalue weighted by molar-refractivity contribution is -0.0721. The van der Waals surface area contributed by atoms with Crippen molar-refractivity contribution in [2.45, 2.75) is 45.3 Å². The Morgan fingerprint density at radius 1 is 1.28 bits per heavy atom. The average molecular weight is 288 g/mol. The largest absolute Gasteiger partial charge is 0.487 e. The van der Waals surface area contributed by atoms with Crippen molar-refractivity contribution in [3.05, 3.63) is 28.2 Å². The van der Waals surface area contributed by atoms with Crippen LogP contribution in [0.2, 0.25) is 10.0 Å². The Morgan fingerprint density at radius 3 is 2.28 bits per heavy atom. The van der Waals surface area contributed by atoms with Crippen molar-refractivity contribution < 1.29 is 4.74 Å². The van der Waals surface area contributed by atoms with Gasteiger partial charge in [0.15, 0.2) is 5.75 Å². The monoisotopic (exact) mass is 287 g/mol. The van der Waals surface area contributed by atoms with Crippen molar-refractivity contribution in [2.75, 3.05) is 0 Å². The number of rotatable bonds is 4. The molecule has 0 radical (unpaired) electrons. The molecule has 1 aromatic rings. The highest BCUT2D eigenvalue weighted by Crippen LogP contribution is 2.49. The highest BCUT2D eigenvalue weighted by molar-refractivity contribution is 6.37. The number of halogens is 2. The van der Waals surface area contributed by atoms with E-state index < -0.39 is 0 Å². The van der Waals surface area contributed by atoms with Crippen LogP contribution in [0.5, 0.6) is 5.75 Å². The van der Waals surface area contributed by atoms with Gasteiger partial charge in [-0.3, -0.25) is 0 Å². The number of hydrogen-bond donors (Lipinski definition) is 1. The summed E-state index contributed by atoms with van der Waals surface area (Å²) in [6, 6.07) is 5.61. The van der Waals surface area contributed by atoms with Gasteiger partial charge in [0.25, 0.3) is 0 Å². The predicted molar refractivity (Wildman–Crippen MR) is 76.5 cm³/mol. The van der Waals surface area contributed by atoms with Crippen LogP contribution in [0.25, 0.3) is 0 Å². The van der Waals surface area contributed by atoms with Crippen LogP contribution in [-0.4, -0.2) is 12.1 Å². The number of ether oxygens (including phenoxy) is 1. The molecule has 0 bridgehead atoms. The maximum absolute atomic E-state index is 6.15. The summed E-state index contributed by atoms with van der Waals surface area (Å²) in [6.07, 6.45) is 3.00. The third-order valence-electron chi connectivity index (χ3n) is 4.34. The molecule has 0 aliphatic heterocycles. The molecule has 4 heteroatoms. The summed E-state index contributed by atoms with van der Waals surface area (Å²) < 4.78 is 6.04. The fourth-order valence-corrected chi connectivity index (χ4v) is 3.40. The van der Waals surface area contributed by atoms with Gasteiger partial charge in [0, 0.05) is 17.9 Å². The summed E-state index contributed by atoms with van der Waals surface area (Å²) in [5.41, 5.74) is 6.21. The van der Waals surface area contributed by atoms with Gasteiger partial charge in [0.05, 0.1) is 10.0 Å². The van der Waals surface area contributed by atoms with Gasteiger partial charge in [-0.05, 0) is 25.0 Å². The van der Waals surface area contributed by atoms with Gasteiger partial charge in [0.1, 0.15) is 6.10 Å². The van der Waals surface area contributed by atoms with Crippen LogP contribution in [0.1, 0.15) is 33.1 Å². The van der Waals surface area contributed by atoms with Crippen LogP contribution in [0.4, 0.5) is 0 Å². The summed E-state index contributed by atoms with van der Waals surface area (Å²) in [5, 5.41) is 1.12. The second kappa shape index (κ2) is 5.28. The first-order chi connectivity index (χ1) is 8.55. The van der Waals surface area contributed by atoms with Crippen molar-refractivity contribution in [1.82, 2.24) is 0 Å². The Bertz CT molecular complexity index is 412. The molecular formula is C14H19Cl2NO. The molecule has 0 heterocycles. The Balaban J connectivity index is 2.20. The molecule has 0 saturated heterocycles. The van der Waals surface area contributed by atoms with E-state index in [1.165, 1.54) is 0 Å².